The lowest BCUT2D eigenvalue weighted by molar-refractivity contribution is -0.757. The molecule has 0 aromatic heterocycles. The highest BCUT2D eigenvalue weighted by Gasteiger charge is 2.62. The van der Waals surface area contributed by atoms with Crippen LogP contribution in [0, 0.1) is 44.6 Å². The number of aliphatic hydroxyl groups excluding tert-OH is 1. The number of rotatable bonds is 14. The highest BCUT2D eigenvalue weighted by Crippen LogP contribution is 2.66. The minimum Gasteiger partial charge on any atom is -0.464 e. The van der Waals surface area contributed by atoms with Gasteiger partial charge in [-0.25, -0.2) is 9.59 Å². The summed E-state index contributed by atoms with van der Waals surface area (Å²) in [6.45, 7) is 4.89. The molecular formula is C37H46N2O12. The first-order valence-corrected chi connectivity index (χ1v) is 17.5. The van der Waals surface area contributed by atoms with Crippen LogP contribution in [0.25, 0.3) is 0 Å². The fraction of sp³-hybridized carbons (Fsp3) is 0.595. The normalized spacial score (nSPS) is 29.7. The number of amides is 1. The van der Waals surface area contributed by atoms with E-state index in [0.717, 1.165) is 24.8 Å². The lowest BCUT2D eigenvalue weighted by Gasteiger charge is -2.58. The molecule has 3 saturated carbocycles. The first-order chi connectivity index (χ1) is 24.2. The molecular weight excluding hydrogens is 664 g/mol. The van der Waals surface area contributed by atoms with E-state index in [9.17, 15) is 39.2 Å². The van der Waals surface area contributed by atoms with Crippen LogP contribution >= 0.6 is 0 Å². The van der Waals surface area contributed by atoms with Crippen molar-refractivity contribution in [3.63, 3.8) is 0 Å². The molecule has 1 aromatic carbocycles. The molecule has 14 nitrogen and oxygen atoms in total. The fourth-order valence-electron chi connectivity index (χ4n) is 9.20. The number of esters is 1. The maximum Gasteiger partial charge on any atom is 0.514 e. The van der Waals surface area contributed by atoms with E-state index < -0.39 is 47.3 Å². The summed E-state index contributed by atoms with van der Waals surface area (Å²) in [5.74, 6) is -1.14. The summed E-state index contributed by atoms with van der Waals surface area (Å²) in [6.07, 6.45) is 7.95. The number of carbonyl (C=O) groups is 5. The van der Waals surface area contributed by atoms with Crippen molar-refractivity contribution in [1.82, 2.24) is 5.32 Å². The zero-order chi connectivity index (χ0) is 36.9. The van der Waals surface area contributed by atoms with E-state index in [0.29, 0.717) is 31.2 Å². The molecule has 276 valence electrons. The highest BCUT2D eigenvalue weighted by molar-refractivity contribution is 6.01. The van der Waals surface area contributed by atoms with Crippen LogP contribution in [0.5, 0.6) is 5.75 Å². The Kier molecular flexibility index (Phi) is 11.6. The summed E-state index contributed by atoms with van der Waals surface area (Å²) in [7, 11) is 0. The minimum absolute atomic E-state index is 0.00315. The van der Waals surface area contributed by atoms with Crippen molar-refractivity contribution >= 4 is 29.6 Å². The van der Waals surface area contributed by atoms with Gasteiger partial charge < -0.3 is 29.5 Å². The third-order valence-electron chi connectivity index (χ3n) is 11.4. The van der Waals surface area contributed by atoms with Crippen molar-refractivity contribution < 1.29 is 53.2 Å². The molecule has 0 aliphatic heterocycles. The zero-order valence-electron chi connectivity index (χ0n) is 29.2. The molecule has 1 amide bonds. The van der Waals surface area contributed by atoms with Gasteiger partial charge in [0.2, 0.25) is 5.91 Å². The predicted octanol–water partition coefficient (Wildman–Crippen LogP) is 4.24. The molecule has 0 saturated heterocycles. The summed E-state index contributed by atoms with van der Waals surface area (Å²) in [4.78, 5) is 76.9. The molecule has 5 rings (SSSR count). The van der Waals surface area contributed by atoms with Gasteiger partial charge in [-0.15, -0.1) is 10.1 Å². The number of ether oxygens (including phenoxy) is 3. The van der Waals surface area contributed by atoms with Gasteiger partial charge in [-0.3, -0.25) is 14.4 Å². The summed E-state index contributed by atoms with van der Waals surface area (Å²) >= 11 is 0. The number of nitrogens with one attached hydrogen (secondary N) is 1. The average Bonchev–Trinajstić information content (AvgIpc) is 3.42. The van der Waals surface area contributed by atoms with Crippen LogP contribution in [0.1, 0.15) is 71.3 Å². The number of allylic oxidation sites excluding steroid dienone is 4. The summed E-state index contributed by atoms with van der Waals surface area (Å²) in [6, 6.07) is 5.22. The fourth-order valence-corrected chi connectivity index (χ4v) is 9.20. The average molecular weight is 711 g/mol. The lowest BCUT2D eigenvalue weighted by atomic mass is 9.46. The predicted molar refractivity (Wildman–Crippen MR) is 179 cm³/mol. The number of Topliss-reactive ketones (excluding diaryl/α,β-unsaturated/α-hetero) is 1. The maximum absolute atomic E-state index is 13.5. The molecule has 4 aliphatic carbocycles. The van der Waals surface area contributed by atoms with E-state index >= 15 is 0 Å². The first-order valence-electron chi connectivity index (χ1n) is 17.5. The molecule has 14 heteroatoms. The summed E-state index contributed by atoms with van der Waals surface area (Å²) in [5, 5.41) is 23.4. The molecule has 3 fully saturated rings. The molecule has 4 unspecified atom stereocenters. The van der Waals surface area contributed by atoms with E-state index in [2.05, 4.69) is 24.0 Å². The van der Waals surface area contributed by atoms with Crippen molar-refractivity contribution in [3.8, 4) is 5.75 Å². The van der Waals surface area contributed by atoms with Gasteiger partial charge in [-0.1, -0.05) is 37.6 Å². The van der Waals surface area contributed by atoms with Crippen molar-refractivity contribution in [2.75, 3.05) is 19.8 Å². The van der Waals surface area contributed by atoms with Gasteiger partial charge in [0.15, 0.2) is 18.2 Å². The molecule has 51 heavy (non-hydrogen) atoms. The molecule has 4 aliphatic rings. The SMILES string of the molecule is CC(=O)N[C@@H](Cc1ccc(OC(=O)OCC(=O)[C@H]2CCC3C4CCC5=CC(=O)C=C[C@]5(C)C4C(O)C[C@@]32C)cc1)C(=O)OCCCCO[N+](=O)[O-]. The smallest absolute Gasteiger partial charge is 0.464 e. The summed E-state index contributed by atoms with van der Waals surface area (Å²) in [5.41, 5.74) is 0.885. The number of benzene rings is 1. The van der Waals surface area contributed by atoms with Crippen LogP contribution in [-0.2, 0) is 39.9 Å². The van der Waals surface area contributed by atoms with Crippen LogP contribution in [0.2, 0.25) is 0 Å². The molecule has 2 N–H and O–H groups in total. The van der Waals surface area contributed by atoms with Gasteiger partial charge in [0.05, 0.1) is 19.3 Å². The van der Waals surface area contributed by atoms with E-state index in [-0.39, 0.29) is 66.0 Å². The number of hydrogen-bond acceptors (Lipinski definition) is 12. The second-order valence-electron chi connectivity index (χ2n) is 14.6. The van der Waals surface area contributed by atoms with Crippen LogP contribution in [0.4, 0.5) is 4.79 Å². The van der Waals surface area contributed by atoms with Gasteiger partial charge >= 0.3 is 12.1 Å². The molecule has 0 radical (unpaired) electrons. The van der Waals surface area contributed by atoms with Gasteiger partial charge in [0, 0.05) is 30.6 Å². The Balaban J connectivity index is 1.10. The van der Waals surface area contributed by atoms with Gasteiger partial charge in [0.1, 0.15) is 11.8 Å². The second kappa shape index (κ2) is 15.7. The second-order valence-corrected chi connectivity index (χ2v) is 14.6. The number of unbranched alkanes of at least 4 members (excludes halogenated alkanes) is 1. The molecule has 0 bridgehead atoms. The first kappa shape index (κ1) is 37.7. The number of aliphatic hydroxyl groups is 1. The Morgan fingerprint density at radius 2 is 1.78 bits per heavy atom. The standard InChI is InChI=1S/C37H46N2O12/c1-22(40)38-30(34(44)48-16-4-5-17-50-39(46)47)18-23-6-9-26(10-7-23)51-35(45)49-21-32(43)29-13-12-28-27-11-8-24-19-25(41)14-15-36(24,2)33(27)31(42)20-37(28,29)3/h6-7,9-10,14-15,19,27-31,33,42H,4-5,8,11-13,16-18,20-21H2,1-3H3,(H,38,40)/t27?,28?,29-,30+,31?,33?,36+,37+/m1/s1. The topological polar surface area (TPSA) is 198 Å². The van der Waals surface area contributed by atoms with Crippen molar-refractivity contribution in [2.24, 2.45) is 34.5 Å². The monoisotopic (exact) mass is 710 g/mol. The van der Waals surface area contributed by atoms with E-state index in [1.54, 1.807) is 24.3 Å². The van der Waals surface area contributed by atoms with E-state index in [4.69, 9.17) is 14.2 Å². The van der Waals surface area contributed by atoms with Gasteiger partial charge in [0.25, 0.3) is 5.09 Å². The molecule has 0 spiro atoms. The van der Waals surface area contributed by atoms with Gasteiger partial charge in [-0.05, 0) is 92.0 Å². The van der Waals surface area contributed by atoms with Crippen molar-refractivity contribution in [1.29, 1.82) is 0 Å². The minimum atomic E-state index is -1.04. The Labute approximate surface area is 296 Å². The van der Waals surface area contributed by atoms with Crippen molar-refractivity contribution in [2.45, 2.75) is 84.3 Å². The molecule has 0 heterocycles. The quantitative estimate of drug-likeness (QED) is 0.0917. The number of carbonyl (C=O) groups excluding carboxylic acids is 5. The molecule has 8 atom stereocenters. The Hall–Kier alpha value is -4.59. The Bertz CT molecular complexity index is 1590. The van der Waals surface area contributed by atoms with E-state index in [1.807, 2.05) is 6.08 Å². The van der Waals surface area contributed by atoms with Crippen LogP contribution in [-0.4, -0.2) is 71.8 Å². The summed E-state index contributed by atoms with van der Waals surface area (Å²) < 4.78 is 15.7. The van der Waals surface area contributed by atoms with Gasteiger partial charge in [-0.2, -0.15) is 0 Å². The van der Waals surface area contributed by atoms with E-state index in [1.165, 1.54) is 19.1 Å². The van der Waals surface area contributed by atoms with Crippen LogP contribution < -0.4 is 10.1 Å². The number of fused-ring (bicyclic) bond motifs is 5. The van der Waals surface area contributed by atoms with Crippen LogP contribution in [0.15, 0.2) is 48.1 Å². The zero-order valence-corrected chi connectivity index (χ0v) is 29.2. The van der Waals surface area contributed by atoms with Crippen LogP contribution in [0.3, 0.4) is 0 Å². The Morgan fingerprint density at radius 1 is 1.06 bits per heavy atom. The number of hydrogen-bond donors (Lipinski definition) is 2. The maximum atomic E-state index is 13.5. The third-order valence-corrected chi connectivity index (χ3v) is 11.4. The Morgan fingerprint density at radius 3 is 2.49 bits per heavy atom. The lowest BCUT2D eigenvalue weighted by Crippen LogP contribution is -2.56. The number of ketones is 2. The largest absolute Gasteiger partial charge is 0.514 e. The van der Waals surface area contributed by atoms with Crippen molar-refractivity contribution in [3.05, 3.63) is 63.7 Å². The highest BCUT2D eigenvalue weighted by atomic mass is 16.9. The number of nitrogens with zero attached hydrogens (tertiary/aromatic N) is 1. The molecule has 1 aromatic rings. The third kappa shape index (κ3) is 8.49.